The number of nitrogens with zero attached hydrogens (tertiary/aromatic N) is 7. The number of nitrogens with one attached hydrogen (secondary N) is 4. The molecule has 26 heteroatoms. The Bertz CT molecular complexity index is 6100. The van der Waals surface area contributed by atoms with Gasteiger partial charge in [-0.1, -0.05) is 198 Å². The van der Waals surface area contributed by atoms with E-state index in [0.717, 1.165) is 93.5 Å². The minimum atomic E-state index is -3.78. The number of sulfonamides is 1. The molecular formula is C105H123Cl2N11O12S. The molecule has 1 saturated heterocycles. The molecule has 0 bridgehead atoms. The summed E-state index contributed by atoms with van der Waals surface area (Å²) in [5.41, 5.74) is 12.6. The Morgan fingerprint density at radius 2 is 1.09 bits per heavy atom. The fourth-order valence-corrected chi connectivity index (χ4v) is 17.5. The maximum Gasteiger partial charge on any atom is 0.318 e. The second-order valence-corrected chi connectivity index (χ2v) is 35.1. The SMILES string of the molecule is CCC(c1nc2ccccc2c(=O)n1-c1ccc(C)c(C)c1)N(CCc1ccccc1)C(=O)NCc1ccccc1.CCCC(NS(=O)(=O)c1ccc(C)cc1)C(=O)NCCc1ccc(OC)c(OC)c1.CCCCC(=O)N1CCCC1C(=O)NCCc1ccc(Cl)cc1Cl.CCCN(C(=O)c1ccc(OC)cc1)C(CC)c1nc2ccccc2c(=O)n1-c1ccc(C)c(C)c1. The molecule has 10 aromatic carbocycles. The Morgan fingerprint density at radius 1 is 0.527 bits per heavy atom. The Hall–Kier alpha value is -12.5. The van der Waals surface area contributed by atoms with Gasteiger partial charge < -0.3 is 44.9 Å². The van der Waals surface area contributed by atoms with Gasteiger partial charge in [0.15, 0.2) is 11.5 Å². The molecule has 23 nitrogen and oxygen atoms in total. The van der Waals surface area contributed by atoms with Gasteiger partial charge in [-0.2, -0.15) is 4.72 Å². The molecule has 4 unspecified atom stereocenters. The average molecular weight is 1830 g/mol. The van der Waals surface area contributed by atoms with Crippen molar-refractivity contribution in [2.24, 2.45) is 0 Å². The van der Waals surface area contributed by atoms with Crippen molar-refractivity contribution in [2.75, 3.05) is 54.1 Å². The molecule has 0 aliphatic carbocycles. The van der Waals surface area contributed by atoms with E-state index in [-0.39, 0.29) is 51.7 Å². The average Bonchev–Trinajstić information content (AvgIpc) is 0.965. The van der Waals surface area contributed by atoms with Crippen LogP contribution in [0, 0.1) is 34.6 Å². The number of urea groups is 1. The van der Waals surface area contributed by atoms with Crippen LogP contribution in [0.15, 0.2) is 245 Å². The van der Waals surface area contributed by atoms with Gasteiger partial charge in [0, 0.05) is 61.3 Å². The van der Waals surface area contributed by atoms with Gasteiger partial charge in [0.05, 0.1) is 71.5 Å². The molecule has 131 heavy (non-hydrogen) atoms. The first-order valence-electron chi connectivity index (χ1n) is 45.0. The van der Waals surface area contributed by atoms with Crippen LogP contribution in [0.5, 0.6) is 17.2 Å². The standard InChI is InChI=1S/C35H36N4O2.C30H33N3O3.C22H30N2O5S.C18H24Cl2N2O2/c1-4-32(38(22-21-27-13-7-5-8-14-27)35(41)36-24-28-15-9-6-10-16-28)33-37-31-18-12-11-17-30(31)34(40)39(33)29-20-19-25(2)26(3)23-29;1-6-18-32(29(34)22-13-16-24(36-5)17-14-22)27(7-2)28-31-26-11-9-8-10-25(26)30(35)33(28)23-15-12-20(3)21(4)19-23;1-5-6-19(24-30(26,27)18-10-7-16(2)8-11-18)22(25)23-14-13-17-9-12-20(28-3)21(15-17)29-4;1-2-3-6-17(23)22-11-4-5-16(22)18(24)21-10-9-13-7-8-14(19)12-15(13)20/h5-20,23,32H,4,21-22,24H2,1-3H3,(H,36,41);8-17,19,27H,6-7,18H2,1-5H3;7-12,15,19,24H,5-6,13-14H2,1-4H3,(H,23,25);7-8,12,16H,2-6,9-11H2,1H3,(H,21,24). The lowest BCUT2D eigenvalue weighted by molar-refractivity contribution is -0.138. The molecule has 1 fully saturated rings. The first-order valence-corrected chi connectivity index (χ1v) is 47.3. The highest BCUT2D eigenvalue weighted by molar-refractivity contribution is 7.89. The number of hydrogen-bond acceptors (Lipinski definition) is 14. The number of likely N-dealkylation sites (tertiary alicyclic amines) is 1. The van der Waals surface area contributed by atoms with Crippen LogP contribution in [0.1, 0.15) is 183 Å². The van der Waals surface area contributed by atoms with E-state index >= 15 is 0 Å². The van der Waals surface area contributed by atoms with E-state index in [2.05, 4.69) is 46.7 Å². The molecule has 12 aromatic rings. The topological polar surface area (TPSA) is 275 Å². The zero-order valence-corrected chi connectivity index (χ0v) is 79.7. The van der Waals surface area contributed by atoms with E-state index in [9.17, 15) is 42.0 Å². The van der Waals surface area contributed by atoms with Gasteiger partial charge in [-0.25, -0.2) is 23.2 Å². The Morgan fingerprint density at radius 3 is 1.63 bits per heavy atom. The molecule has 0 saturated carbocycles. The Kier molecular flexibility index (Phi) is 38.0. The van der Waals surface area contributed by atoms with Gasteiger partial charge in [0.25, 0.3) is 17.0 Å². The molecule has 13 rings (SSSR count). The summed E-state index contributed by atoms with van der Waals surface area (Å²) >= 11 is 12.0. The van der Waals surface area contributed by atoms with Crippen LogP contribution in [0.3, 0.4) is 0 Å². The summed E-state index contributed by atoms with van der Waals surface area (Å²) in [6.45, 7) is 23.1. The lowest BCUT2D eigenvalue weighted by atomic mass is 10.1. The molecule has 2 aromatic heterocycles. The summed E-state index contributed by atoms with van der Waals surface area (Å²) in [6, 6.07) is 69.2. The fraction of sp³-hybridized carbons (Fsp3) is 0.343. The number of halogens is 2. The number of methoxy groups -OCH3 is 3. The third-order valence-corrected chi connectivity index (χ3v) is 25.4. The summed E-state index contributed by atoms with van der Waals surface area (Å²) in [4.78, 5) is 108. The van der Waals surface area contributed by atoms with E-state index < -0.39 is 28.1 Å². The van der Waals surface area contributed by atoms with E-state index in [1.54, 1.807) is 90.0 Å². The van der Waals surface area contributed by atoms with Crippen LogP contribution in [0.2, 0.25) is 10.0 Å². The normalized spacial score (nSPS) is 12.9. The van der Waals surface area contributed by atoms with Gasteiger partial charge >= 0.3 is 6.03 Å². The van der Waals surface area contributed by atoms with Gasteiger partial charge in [0.1, 0.15) is 29.5 Å². The van der Waals surface area contributed by atoms with Crippen LogP contribution in [-0.2, 0) is 50.2 Å². The van der Waals surface area contributed by atoms with Gasteiger partial charge in [0.2, 0.25) is 27.7 Å². The first-order chi connectivity index (χ1) is 63.2. The number of fused-ring (bicyclic) bond motifs is 2. The summed E-state index contributed by atoms with van der Waals surface area (Å²) in [6.07, 6.45) is 8.96. The van der Waals surface area contributed by atoms with Crippen molar-refractivity contribution in [1.29, 1.82) is 0 Å². The van der Waals surface area contributed by atoms with Crippen molar-refractivity contribution in [1.82, 2.24) is 54.5 Å². The number of benzene rings is 10. The largest absolute Gasteiger partial charge is 0.497 e. The number of para-hydroxylation sites is 2. The maximum absolute atomic E-state index is 14.1. The molecule has 690 valence electrons. The number of carbonyl (C=O) groups excluding carboxylic acids is 5. The van der Waals surface area contributed by atoms with Crippen molar-refractivity contribution in [3.63, 3.8) is 0 Å². The van der Waals surface area contributed by atoms with Crippen molar-refractivity contribution in [3.8, 4) is 28.6 Å². The van der Waals surface area contributed by atoms with Crippen molar-refractivity contribution in [3.05, 3.63) is 329 Å². The lowest BCUT2D eigenvalue weighted by Gasteiger charge is -2.32. The quantitative estimate of drug-likeness (QED) is 0.0288. The zero-order chi connectivity index (χ0) is 94.3. The van der Waals surface area contributed by atoms with Crippen LogP contribution in [0.4, 0.5) is 4.79 Å². The third-order valence-electron chi connectivity index (χ3n) is 23.3. The smallest absolute Gasteiger partial charge is 0.318 e. The van der Waals surface area contributed by atoms with Crippen LogP contribution < -0.4 is 46.0 Å². The van der Waals surface area contributed by atoms with Crippen molar-refractivity contribution in [2.45, 2.75) is 188 Å². The van der Waals surface area contributed by atoms with Gasteiger partial charge in [-0.15, -0.1) is 0 Å². The predicted octanol–water partition coefficient (Wildman–Crippen LogP) is 19.6. The molecular weight excluding hydrogens is 1710 g/mol. The summed E-state index contributed by atoms with van der Waals surface area (Å²) in [7, 11) is 0.964. The number of aryl methyl sites for hydroxylation is 5. The van der Waals surface area contributed by atoms with Gasteiger partial charge in [-0.05, 0) is 253 Å². The first kappa shape index (κ1) is 101. The summed E-state index contributed by atoms with van der Waals surface area (Å²) < 4.78 is 47.0. The second kappa shape index (κ2) is 49.5. The fourth-order valence-electron chi connectivity index (χ4n) is 15.7. The molecule has 6 amide bonds. The van der Waals surface area contributed by atoms with E-state index in [0.29, 0.717) is 157 Å². The highest BCUT2D eigenvalue weighted by Crippen LogP contribution is 2.33. The number of rotatable bonds is 35. The van der Waals surface area contributed by atoms with Crippen LogP contribution in [0.25, 0.3) is 33.2 Å². The predicted molar refractivity (Wildman–Crippen MR) is 523 cm³/mol. The molecule has 0 spiro atoms. The Balaban J connectivity index is 0.000000185. The second-order valence-electron chi connectivity index (χ2n) is 32.6. The molecule has 3 heterocycles. The molecule has 1 aliphatic heterocycles. The zero-order valence-electron chi connectivity index (χ0n) is 77.4. The van der Waals surface area contributed by atoms with Crippen molar-refractivity contribution >= 4 is 84.7 Å². The highest BCUT2D eigenvalue weighted by atomic mass is 35.5. The lowest BCUT2D eigenvalue weighted by Crippen LogP contribution is -2.47. The maximum atomic E-state index is 14.1. The molecule has 0 radical (unpaired) electrons. The van der Waals surface area contributed by atoms with Gasteiger partial charge in [-0.3, -0.25) is 37.9 Å². The van der Waals surface area contributed by atoms with E-state index in [1.165, 1.54) is 12.1 Å². The molecule has 1 aliphatic rings. The number of ether oxygens (including phenoxy) is 3. The number of carbonyl (C=O) groups is 5. The van der Waals surface area contributed by atoms with E-state index in [4.69, 9.17) is 47.4 Å². The van der Waals surface area contributed by atoms with Crippen molar-refractivity contribution < 1.29 is 46.6 Å². The number of unbranched alkanes of at least 4 members (excludes halogenated alkanes) is 1. The molecule has 4 atom stereocenters. The minimum absolute atomic E-state index is 0.0672. The Labute approximate surface area is 780 Å². The summed E-state index contributed by atoms with van der Waals surface area (Å²) in [5.74, 6) is 2.67. The highest BCUT2D eigenvalue weighted by Gasteiger charge is 2.35. The molecule has 4 N–H and O–H groups in total. The third kappa shape index (κ3) is 27.1. The monoisotopic (exact) mass is 1830 g/mol. The number of amides is 6. The minimum Gasteiger partial charge on any atom is -0.497 e. The van der Waals surface area contributed by atoms with Crippen LogP contribution >= 0.6 is 23.2 Å². The van der Waals surface area contributed by atoms with Crippen LogP contribution in [-0.4, -0.2) is 138 Å². The summed E-state index contributed by atoms with van der Waals surface area (Å²) in [5, 5.41) is 11.2. The number of hydrogen-bond donors (Lipinski definition) is 4. The van der Waals surface area contributed by atoms with E-state index in [1.807, 2.05) is 217 Å². The number of aromatic nitrogens is 4.